The summed E-state index contributed by atoms with van der Waals surface area (Å²) < 4.78 is 14.4. The van der Waals surface area contributed by atoms with Crippen molar-refractivity contribution in [1.82, 2.24) is 20.2 Å². The molecule has 36 heavy (non-hydrogen) atoms. The number of rotatable bonds is 8. The van der Waals surface area contributed by atoms with E-state index in [-0.39, 0.29) is 18.4 Å². The van der Waals surface area contributed by atoms with E-state index in [9.17, 15) is 14.0 Å². The van der Waals surface area contributed by atoms with Crippen molar-refractivity contribution in [2.45, 2.75) is 45.3 Å². The first-order chi connectivity index (χ1) is 17.4. The Morgan fingerprint density at radius 2 is 1.89 bits per heavy atom. The molecule has 5 rings (SSSR count). The number of halogens is 2. The average Bonchev–Trinajstić information content (AvgIpc) is 3.65. The van der Waals surface area contributed by atoms with Crippen LogP contribution < -0.4 is 5.32 Å². The molecule has 0 aliphatic heterocycles. The molecule has 0 bridgehead atoms. The summed E-state index contributed by atoms with van der Waals surface area (Å²) in [6, 6.07) is 14.9. The number of fused-ring (bicyclic) bond motifs is 1. The number of nitrogens with one attached hydrogen (secondary N) is 2. The van der Waals surface area contributed by atoms with E-state index in [1.165, 1.54) is 6.07 Å². The van der Waals surface area contributed by atoms with Gasteiger partial charge in [0.2, 0.25) is 5.91 Å². The summed E-state index contributed by atoms with van der Waals surface area (Å²) in [7, 11) is 0. The molecule has 0 unspecified atom stereocenters. The molecule has 6 nitrogen and oxygen atoms in total. The Morgan fingerprint density at radius 1 is 1.14 bits per heavy atom. The molecule has 0 atom stereocenters. The number of hydrogen-bond donors (Lipinski definition) is 2. The van der Waals surface area contributed by atoms with E-state index < -0.39 is 5.82 Å². The summed E-state index contributed by atoms with van der Waals surface area (Å²) >= 11 is 6.13. The molecular formula is C28H26ClFN4O2. The van der Waals surface area contributed by atoms with Crippen LogP contribution in [-0.2, 0) is 24.3 Å². The average molecular weight is 505 g/mol. The van der Waals surface area contributed by atoms with Crippen LogP contribution in [0.15, 0.2) is 60.9 Å². The normalized spacial score (nSPS) is 13.1. The molecule has 8 heteroatoms. The molecule has 0 saturated heterocycles. The maximum Gasteiger partial charge on any atom is 0.251 e. The molecule has 1 saturated carbocycles. The number of hydrogen-bond acceptors (Lipinski definition) is 3. The highest BCUT2D eigenvalue weighted by Gasteiger charge is 2.30. The maximum atomic E-state index is 14.4. The molecular weight excluding hydrogens is 479 g/mol. The predicted octanol–water partition coefficient (Wildman–Crippen LogP) is 5.39. The van der Waals surface area contributed by atoms with Crippen LogP contribution in [0.4, 0.5) is 4.39 Å². The van der Waals surface area contributed by atoms with Gasteiger partial charge in [0.1, 0.15) is 5.82 Å². The summed E-state index contributed by atoms with van der Waals surface area (Å²) in [5.41, 5.74) is 4.33. The predicted molar refractivity (Wildman–Crippen MR) is 137 cm³/mol. The van der Waals surface area contributed by atoms with Crippen LogP contribution in [0.1, 0.15) is 52.5 Å². The lowest BCUT2D eigenvalue weighted by Gasteiger charge is -2.20. The molecule has 2 N–H and O–H groups in total. The van der Waals surface area contributed by atoms with E-state index in [1.54, 1.807) is 37.5 Å². The van der Waals surface area contributed by atoms with Gasteiger partial charge in [-0.2, -0.15) is 0 Å². The molecule has 1 fully saturated rings. The molecule has 4 aromatic rings. The van der Waals surface area contributed by atoms with Crippen molar-refractivity contribution >= 4 is 34.3 Å². The van der Waals surface area contributed by atoms with Gasteiger partial charge in [0.05, 0.1) is 5.02 Å². The lowest BCUT2D eigenvalue weighted by atomic mass is 10.1. The molecule has 2 aromatic heterocycles. The van der Waals surface area contributed by atoms with Crippen LogP contribution in [0.5, 0.6) is 0 Å². The molecule has 1 aliphatic carbocycles. The van der Waals surface area contributed by atoms with Crippen LogP contribution >= 0.6 is 11.6 Å². The van der Waals surface area contributed by atoms with Crippen molar-refractivity contribution in [3.8, 4) is 0 Å². The highest BCUT2D eigenvalue weighted by Crippen LogP contribution is 2.28. The maximum absolute atomic E-state index is 14.4. The number of H-pyrrole nitrogens is 1. The van der Waals surface area contributed by atoms with Crippen molar-refractivity contribution in [1.29, 1.82) is 0 Å². The Bertz CT molecular complexity index is 1430. The van der Waals surface area contributed by atoms with E-state index >= 15 is 0 Å². The van der Waals surface area contributed by atoms with Gasteiger partial charge in [-0.25, -0.2) is 4.39 Å². The minimum Gasteiger partial charge on any atom is -0.360 e. The highest BCUT2D eigenvalue weighted by atomic mass is 35.5. The van der Waals surface area contributed by atoms with Gasteiger partial charge >= 0.3 is 0 Å². The SMILES string of the molecule is CC(=O)N(Cc1ccc(Cc2cc(C(=O)NCc3cc4c(Cl)c[nH]c4cc3F)ccn2)cc1)C1CC1. The van der Waals surface area contributed by atoms with Gasteiger partial charge in [-0.15, -0.1) is 0 Å². The fraction of sp³-hybridized carbons (Fsp3) is 0.250. The van der Waals surface area contributed by atoms with Gasteiger partial charge in [-0.1, -0.05) is 35.9 Å². The van der Waals surface area contributed by atoms with E-state index in [0.29, 0.717) is 46.1 Å². The summed E-state index contributed by atoms with van der Waals surface area (Å²) in [6.07, 6.45) is 5.94. The van der Waals surface area contributed by atoms with Gasteiger partial charge in [-0.05, 0) is 48.2 Å². The highest BCUT2D eigenvalue weighted by molar-refractivity contribution is 6.35. The monoisotopic (exact) mass is 504 g/mol. The molecule has 2 aromatic carbocycles. The largest absolute Gasteiger partial charge is 0.360 e. The van der Waals surface area contributed by atoms with E-state index in [0.717, 1.165) is 29.7 Å². The van der Waals surface area contributed by atoms with Gasteiger partial charge in [0.25, 0.3) is 5.91 Å². The Labute approximate surface area is 213 Å². The summed E-state index contributed by atoms with van der Waals surface area (Å²) in [5.74, 6) is -0.612. The van der Waals surface area contributed by atoms with Crippen molar-refractivity contribution in [3.05, 3.63) is 99.7 Å². The van der Waals surface area contributed by atoms with E-state index in [2.05, 4.69) is 15.3 Å². The van der Waals surface area contributed by atoms with E-state index in [4.69, 9.17) is 11.6 Å². The zero-order chi connectivity index (χ0) is 25.2. The Morgan fingerprint density at radius 3 is 2.61 bits per heavy atom. The minimum atomic E-state index is -0.413. The standard InChI is InChI=1S/C28H26ClFN4O2/c1-17(35)34(23-6-7-23)16-19-4-2-18(3-5-19)10-22-11-20(8-9-31-22)28(36)33-14-21-12-24-25(29)15-32-27(24)13-26(21)30/h2-5,8-9,11-13,15,23,32H,6-7,10,14,16H2,1H3,(H,33,36). The lowest BCUT2D eigenvalue weighted by Crippen LogP contribution is -2.30. The number of aromatic nitrogens is 2. The van der Waals surface area contributed by atoms with Crippen LogP contribution in [0.25, 0.3) is 10.9 Å². The molecule has 0 radical (unpaired) electrons. The topological polar surface area (TPSA) is 78.1 Å². The Balaban J connectivity index is 1.21. The third-order valence-corrected chi connectivity index (χ3v) is 6.78. The van der Waals surface area contributed by atoms with Gasteiger partial charge in [0.15, 0.2) is 0 Å². The lowest BCUT2D eigenvalue weighted by molar-refractivity contribution is -0.130. The summed E-state index contributed by atoms with van der Waals surface area (Å²) in [4.78, 5) is 33.9. The molecule has 2 amide bonds. The summed E-state index contributed by atoms with van der Waals surface area (Å²) in [6.45, 7) is 2.28. The van der Waals surface area contributed by atoms with Gasteiger partial charge in [-0.3, -0.25) is 14.6 Å². The number of aromatic amines is 1. The van der Waals surface area contributed by atoms with Gasteiger partial charge < -0.3 is 15.2 Å². The number of carbonyl (C=O) groups excluding carboxylic acids is 2. The number of nitrogens with zero attached hydrogens (tertiary/aromatic N) is 2. The first kappa shape index (κ1) is 24.0. The number of amides is 2. The van der Waals surface area contributed by atoms with E-state index in [1.807, 2.05) is 29.2 Å². The summed E-state index contributed by atoms with van der Waals surface area (Å²) in [5, 5.41) is 3.99. The third kappa shape index (κ3) is 5.41. The second-order valence-electron chi connectivity index (χ2n) is 9.22. The Kier molecular flexibility index (Phi) is 6.74. The molecule has 1 aliphatic rings. The fourth-order valence-electron chi connectivity index (χ4n) is 4.34. The molecule has 0 spiro atoms. The van der Waals surface area contributed by atoms with Crippen molar-refractivity contribution in [2.24, 2.45) is 0 Å². The number of benzene rings is 2. The first-order valence-electron chi connectivity index (χ1n) is 11.9. The fourth-order valence-corrected chi connectivity index (χ4v) is 4.55. The minimum absolute atomic E-state index is 0.0410. The third-order valence-electron chi connectivity index (χ3n) is 6.47. The van der Waals surface area contributed by atoms with Crippen molar-refractivity contribution in [3.63, 3.8) is 0 Å². The van der Waals surface area contributed by atoms with Crippen molar-refractivity contribution in [2.75, 3.05) is 0 Å². The molecule has 184 valence electrons. The van der Waals surface area contributed by atoms with Crippen LogP contribution in [0, 0.1) is 5.82 Å². The smallest absolute Gasteiger partial charge is 0.251 e. The number of carbonyl (C=O) groups is 2. The van der Waals surface area contributed by atoms with Gasteiger partial charge in [0, 0.05) is 72.6 Å². The van der Waals surface area contributed by atoms with Crippen LogP contribution in [0.3, 0.4) is 0 Å². The zero-order valence-electron chi connectivity index (χ0n) is 19.9. The second kappa shape index (κ2) is 10.1. The quantitative estimate of drug-likeness (QED) is 0.338. The first-order valence-corrected chi connectivity index (χ1v) is 12.3. The molecule has 2 heterocycles. The second-order valence-corrected chi connectivity index (χ2v) is 9.62. The zero-order valence-corrected chi connectivity index (χ0v) is 20.6. The van der Waals surface area contributed by atoms with Crippen LogP contribution in [-0.4, -0.2) is 32.7 Å². The number of pyridine rings is 1. The van der Waals surface area contributed by atoms with Crippen molar-refractivity contribution < 1.29 is 14.0 Å². The van der Waals surface area contributed by atoms with Crippen LogP contribution in [0.2, 0.25) is 5.02 Å². The Hall–Kier alpha value is -3.71.